The molecule has 3 heterocycles. The normalized spacial score (nSPS) is 20.9. The molecular formula is C20H24F2N5O2+. The minimum atomic E-state index is -2.94. The van der Waals surface area contributed by atoms with Crippen molar-refractivity contribution in [3.63, 3.8) is 0 Å². The van der Waals surface area contributed by atoms with Gasteiger partial charge in [0.25, 0.3) is 5.92 Å². The van der Waals surface area contributed by atoms with Crippen LogP contribution in [0.4, 0.5) is 20.3 Å². The lowest BCUT2D eigenvalue weighted by Crippen LogP contribution is -2.52. The summed E-state index contributed by atoms with van der Waals surface area (Å²) in [7, 11) is 1.81. The van der Waals surface area contributed by atoms with Gasteiger partial charge in [0.1, 0.15) is 12.9 Å². The van der Waals surface area contributed by atoms with Gasteiger partial charge in [0, 0.05) is 31.0 Å². The zero-order valence-electron chi connectivity index (χ0n) is 16.5. The number of piperidine rings is 1. The summed E-state index contributed by atoms with van der Waals surface area (Å²) < 4.78 is 30.6. The van der Waals surface area contributed by atoms with E-state index in [4.69, 9.17) is 5.73 Å². The Balaban J connectivity index is 1.85. The first-order valence-corrected chi connectivity index (χ1v) is 9.25. The summed E-state index contributed by atoms with van der Waals surface area (Å²) in [6.45, 7) is 2.89. The largest absolute Gasteiger partial charge is 0.383 e. The van der Waals surface area contributed by atoms with Crippen LogP contribution in [0.2, 0.25) is 0 Å². The van der Waals surface area contributed by atoms with Crippen molar-refractivity contribution in [1.82, 2.24) is 9.88 Å². The Bertz CT molecular complexity index is 933. The molecule has 3 rings (SSSR count). The number of aromatic nitrogens is 2. The Labute approximate surface area is 167 Å². The predicted octanol–water partition coefficient (Wildman–Crippen LogP) is 1.98. The molecule has 2 aromatic heterocycles. The van der Waals surface area contributed by atoms with Gasteiger partial charge < -0.3 is 16.0 Å². The third-order valence-corrected chi connectivity index (χ3v) is 5.25. The summed E-state index contributed by atoms with van der Waals surface area (Å²) in [5, 5.41) is 2.48. The van der Waals surface area contributed by atoms with E-state index in [0.717, 1.165) is 0 Å². The lowest BCUT2D eigenvalue weighted by molar-refractivity contribution is -0.671. The highest BCUT2D eigenvalue weighted by Crippen LogP contribution is 2.42. The van der Waals surface area contributed by atoms with Gasteiger partial charge in [-0.2, -0.15) is 0 Å². The highest BCUT2D eigenvalue weighted by atomic mass is 19.3. The van der Waals surface area contributed by atoms with Crippen molar-refractivity contribution in [2.75, 3.05) is 17.6 Å². The topological polar surface area (TPSA) is 92.2 Å². The molecule has 0 aliphatic carbocycles. The third kappa shape index (κ3) is 4.33. The number of nitrogens with zero attached hydrogens (tertiary/aromatic N) is 3. The average Bonchev–Trinajstić information content (AvgIpc) is 2.66. The number of nitrogens with one attached hydrogen (secondary N) is 1. The van der Waals surface area contributed by atoms with Gasteiger partial charge in [0.15, 0.2) is 12.4 Å². The van der Waals surface area contributed by atoms with Crippen molar-refractivity contribution in [1.29, 1.82) is 0 Å². The average molecular weight is 404 g/mol. The first-order chi connectivity index (χ1) is 13.6. The van der Waals surface area contributed by atoms with E-state index >= 15 is 0 Å². The minimum Gasteiger partial charge on any atom is -0.383 e. The molecule has 0 spiro atoms. The first-order valence-electron chi connectivity index (χ1n) is 9.25. The molecule has 0 radical (unpaired) electrons. The van der Waals surface area contributed by atoms with Gasteiger partial charge in [0.05, 0.1) is 17.9 Å². The highest BCUT2D eigenvalue weighted by Gasteiger charge is 2.48. The monoisotopic (exact) mass is 404 g/mol. The van der Waals surface area contributed by atoms with Gasteiger partial charge in [0.2, 0.25) is 0 Å². The number of aryl methyl sites for hydroxylation is 2. The van der Waals surface area contributed by atoms with E-state index in [2.05, 4.69) is 10.3 Å². The fourth-order valence-corrected chi connectivity index (χ4v) is 3.35. The summed E-state index contributed by atoms with van der Waals surface area (Å²) >= 11 is 0. The molecule has 2 aromatic rings. The molecule has 29 heavy (non-hydrogen) atoms. The Hall–Kier alpha value is -3.10. The standard InChI is InChI=1S/C20H23F2N5O2/c1-12-8-15(10-24-17(12)23)25-18(28)19(29)27-11-13(2)20(21,22)9-16(27)14-4-6-26(3)7-5-14/h4-8,10,13,16H,9,11H2,1-3H3,(H2-,23,24,25,28,29)/p+1/t13-,16-/m1/s1. The number of carbonyl (C=O) groups excluding carboxylic acids is 2. The molecule has 0 aromatic carbocycles. The number of nitrogen functional groups attached to an aromatic ring is 1. The van der Waals surface area contributed by atoms with E-state index in [1.165, 1.54) is 18.0 Å². The third-order valence-electron chi connectivity index (χ3n) is 5.25. The van der Waals surface area contributed by atoms with E-state index in [0.29, 0.717) is 22.6 Å². The van der Waals surface area contributed by atoms with E-state index in [9.17, 15) is 18.4 Å². The maximum absolute atomic E-state index is 14.4. The molecule has 7 nitrogen and oxygen atoms in total. The number of rotatable bonds is 2. The predicted molar refractivity (Wildman–Crippen MR) is 103 cm³/mol. The Morgan fingerprint density at radius 3 is 2.62 bits per heavy atom. The summed E-state index contributed by atoms with van der Waals surface area (Å²) in [6.07, 6.45) is 4.24. The van der Waals surface area contributed by atoms with Crippen molar-refractivity contribution in [2.45, 2.75) is 32.2 Å². The Morgan fingerprint density at radius 2 is 2.00 bits per heavy atom. The fraction of sp³-hybridized carbons (Fsp3) is 0.400. The Kier molecular flexibility index (Phi) is 5.50. The molecule has 3 N–H and O–H groups in total. The van der Waals surface area contributed by atoms with Gasteiger partial charge in [-0.3, -0.25) is 9.59 Å². The number of nitrogens with two attached hydrogens (primary N) is 1. The maximum Gasteiger partial charge on any atom is 0.313 e. The molecule has 1 saturated heterocycles. The van der Waals surface area contributed by atoms with Crippen LogP contribution in [0.15, 0.2) is 36.8 Å². The fourth-order valence-electron chi connectivity index (χ4n) is 3.35. The second kappa shape index (κ2) is 7.73. The van der Waals surface area contributed by atoms with Crippen LogP contribution in [-0.4, -0.2) is 34.2 Å². The van der Waals surface area contributed by atoms with Crippen LogP contribution in [0, 0.1) is 12.8 Å². The molecule has 1 aliphatic rings. The van der Waals surface area contributed by atoms with E-state index in [-0.39, 0.29) is 6.54 Å². The molecule has 0 bridgehead atoms. The first kappa shape index (κ1) is 20.6. The highest BCUT2D eigenvalue weighted by molar-refractivity contribution is 6.39. The molecule has 154 valence electrons. The minimum absolute atomic E-state index is 0.218. The van der Waals surface area contributed by atoms with Crippen molar-refractivity contribution >= 4 is 23.3 Å². The SMILES string of the molecule is Cc1cc(NC(=O)C(=O)N2C[C@@H](C)C(F)(F)C[C@@H]2c2cc[n+](C)cc2)cnc1N. The van der Waals surface area contributed by atoms with Crippen LogP contribution in [0.5, 0.6) is 0 Å². The zero-order valence-corrected chi connectivity index (χ0v) is 16.5. The molecule has 2 amide bonds. The molecule has 1 aliphatic heterocycles. The van der Waals surface area contributed by atoms with Crippen LogP contribution in [0.3, 0.4) is 0 Å². The number of carbonyl (C=O) groups is 2. The number of alkyl halides is 2. The number of hydrogen-bond donors (Lipinski definition) is 2. The number of likely N-dealkylation sites (tertiary alicyclic amines) is 1. The number of amides is 2. The van der Waals surface area contributed by atoms with Gasteiger partial charge in [-0.25, -0.2) is 18.3 Å². The van der Waals surface area contributed by atoms with Gasteiger partial charge in [-0.05, 0) is 24.1 Å². The number of halogens is 2. The second-order valence-electron chi connectivity index (χ2n) is 7.52. The summed E-state index contributed by atoms with van der Waals surface area (Å²) in [4.78, 5) is 30.6. The lowest BCUT2D eigenvalue weighted by Gasteiger charge is -2.42. The smallest absolute Gasteiger partial charge is 0.313 e. The summed E-state index contributed by atoms with van der Waals surface area (Å²) in [5.74, 6) is -5.44. The number of anilines is 2. The van der Waals surface area contributed by atoms with Gasteiger partial charge >= 0.3 is 11.8 Å². The van der Waals surface area contributed by atoms with Crippen molar-refractivity contribution in [3.05, 3.63) is 47.9 Å². The summed E-state index contributed by atoms with van der Waals surface area (Å²) in [6, 6.07) is 4.06. The molecule has 0 saturated carbocycles. The van der Waals surface area contributed by atoms with E-state index < -0.39 is 36.1 Å². The quantitative estimate of drug-likeness (QED) is 0.591. The van der Waals surface area contributed by atoms with Gasteiger partial charge in [-0.15, -0.1) is 0 Å². The van der Waals surface area contributed by atoms with E-state index in [1.54, 1.807) is 49.1 Å². The summed E-state index contributed by atoms with van der Waals surface area (Å²) in [5.41, 5.74) is 7.18. The molecule has 2 atom stereocenters. The van der Waals surface area contributed by atoms with Crippen molar-refractivity contribution in [3.8, 4) is 0 Å². The van der Waals surface area contributed by atoms with Crippen LogP contribution in [0.1, 0.15) is 30.5 Å². The second-order valence-corrected chi connectivity index (χ2v) is 7.52. The number of hydrogen-bond acceptors (Lipinski definition) is 4. The molecule has 0 unspecified atom stereocenters. The van der Waals surface area contributed by atoms with Crippen LogP contribution >= 0.6 is 0 Å². The zero-order chi connectivity index (χ0) is 21.3. The van der Waals surface area contributed by atoms with Crippen LogP contribution in [0.25, 0.3) is 0 Å². The maximum atomic E-state index is 14.4. The number of pyridine rings is 2. The van der Waals surface area contributed by atoms with E-state index in [1.807, 2.05) is 0 Å². The van der Waals surface area contributed by atoms with Crippen molar-refractivity contribution < 1.29 is 22.9 Å². The van der Waals surface area contributed by atoms with Crippen molar-refractivity contribution in [2.24, 2.45) is 13.0 Å². The molecule has 9 heteroatoms. The molecular weight excluding hydrogens is 380 g/mol. The van der Waals surface area contributed by atoms with Crippen LogP contribution < -0.4 is 15.6 Å². The Morgan fingerprint density at radius 1 is 1.34 bits per heavy atom. The lowest BCUT2D eigenvalue weighted by atomic mass is 9.86. The molecule has 1 fully saturated rings. The van der Waals surface area contributed by atoms with Gasteiger partial charge in [-0.1, -0.05) is 6.92 Å². The van der Waals surface area contributed by atoms with Crippen LogP contribution in [-0.2, 0) is 16.6 Å².